The molecular weight excluding hydrogens is 404 g/mol. The summed E-state index contributed by atoms with van der Waals surface area (Å²) >= 11 is 0. The van der Waals surface area contributed by atoms with E-state index in [0.29, 0.717) is 45.1 Å². The van der Waals surface area contributed by atoms with Gasteiger partial charge in [0.25, 0.3) is 5.91 Å². The molecule has 2 aromatic carbocycles. The van der Waals surface area contributed by atoms with Gasteiger partial charge in [0, 0.05) is 25.2 Å². The van der Waals surface area contributed by atoms with Crippen LogP contribution in [0.5, 0.6) is 0 Å². The third-order valence-corrected chi connectivity index (χ3v) is 7.36. The van der Waals surface area contributed by atoms with Gasteiger partial charge in [-0.3, -0.25) is 4.79 Å². The van der Waals surface area contributed by atoms with Gasteiger partial charge in [-0.05, 0) is 34.4 Å². The Bertz CT molecular complexity index is 1060. The first-order valence-corrected chi connectivity index (χ1v) is 11.8. The summed E-state index contributed by atoms with van der Waals surface area (Å²) in [5, 5.41) is 4.65. The average molecular weight is 431 g/mol. The summed E-state index contributed by atoms with van der Waals surface area (Å²) in [6.45, 7) is 2.91. The Kier molecular flexibility index (Phi) is 6.48. The number of carbonyl (C=O) groups excluding carboxylic acids is 1. The molecule has 0 unspecified atom stereocenters. The fourth-order valence-corrected chi connectivity index (χ4v) is 5.23. The number of hydrogen-bond donors (Lipinski definition) is 1. The van der Waals surface area contributed by atoms with Crippen LogP contribution in [0.4, 0.5) is 0 Å². The van der Waals surface area contributed by atoms with Crippen LogP contribution in [0.1, 0.15) is 22.3 Å². The maximum Gasteiger partial charge on any atom is 0.251 e. The molecule has 2 aliphatic rings. The van der Waals surface area contributed by atoms with Crippen molar-refractivity contribution >= 4 is 32.3 Å². The van der Waals surface area contributed by atoms with Crippen LogP contribution in [-0.2, 0) is 19.5 Å². The minimum absolute atomic E-state index is 0.0666. The van der Waals surface area contributed by atoms with Crippen molar-refractivity contribution in [1.29, 1.82) is 0 Å². The highest BCUT2D eigenvalue weighted by molar-refractivity contribution is 7.89. The van der Waals surface area contributed by atoms with Crippen molar-refractivity contribution in [3.05, 3.63) is 53.6 Å². The maximum atomic E-state index is 12.8. The summed E-state index contributed by atoms with van der Waals surface area (Å²) in [4.78, 5) is 12.8. The molecule has 1 saturated heterocycles. The monoisotopic (exact) mass is 430 g/mol. The number of benzene rings is 2. The lowest BCUT2D eigenvalue weighted by Crippen LogP contribution is -2.43. The van der Waals surface area contributed by atoms with Crippen LogP contribution in [-0.4, -0.2) is 70.4 Å². The van der Waals surface area contributed by atoms with Gasteiger partial charge in [0.15, 0.2) is 0 Å². The molecule has 1 fully saturated rings. The van der Waals surface area contributed by atoms with Crippen molar-refractivity contribution in [1.82, 2.24) is 9.62 Å². The second kappa shape index (κ2) is 9.26. The molecule has 2 heterocycles. The highest BCUT2D eigenvalue weighted by atomic mass is 32.2. The Morgan fingerprint density at radius 1 is 1.00 bits per heavy atom. The van der Waals surface area contributed by atoms with Gasteiger partial charge >= 0.3 is 0 Å². The molecule has 30 heavy (non-hydrogen) atoms. The molecule has 8 heteroatoms. The lowest BCUT2D eigenvalue weighted by atomic mass is 9.93. The largest absolute Gasteiger partial charge is 0.379 e. The highest BCUT2D eigenvalue weighted by Crippen LogP contribution is 2.30. The minimum Gasteiger partial charge on any atom is -0.379 e. The zero-order valence-corrected chi connectivity index (χ0v) is 17.6. The number of ether oxygens (including phenoxy) is 2. The molecule has 7 nitrogen and oxygen atoms in total. The molecular formula is C22H26N2O5S. The topological polar surface area (TPSA) is 84.9 Å². The second-order valence-corrected chi connectivity index (χ2v) is 9.43. The summed E-state index contributed by atoms with van der Waals surface area (Å²) in [6.07, 6.45) is 2.93. The molecule has 1 N–H and O–H groups in total. The molecule has 0 spiro atoms. The Hall–Kier alpha value is -2.26. The molecule has 0 radical (unpaired) electrons. The van der Waals surface area contributed by atoms with Gasteiger partial charge in [-0.2, -0.15) is 4.31 Å². The van der Waals surface area contributed by atoms with Gasteiger partial charge in [0.05, 0.1) is 32.2 Å². The predicted molar refractivity (Wildman–Crippen MR) is 116 cm³/mol. The molecule has 160 valence electrons. The summed E-state index contributed by atoms with van der Waals surface area (Å²) in [5.74, 6) is -0.391. The van der Waals surface area contributed by atoms with Crippen LogP contribution in [0.3, 0.4) is 0 Å². The quantitative estimate of drug-likeness (QED) is 0.758. The van der Waals surface area contributed by atoms with Crippen LogP contribution >= 0.6 is 0 Å². The van der Waals surface area contributed by atoms with Crippen molar-refractivity contribution in [3.8, 4) is 0 Å². The van der Waals surface area contributed by atoms with E-state index in [2.05, 4.69) is 17.5 Å². The lowest BCUT2D eigenvalue weighted by Gasteiger charge is -2.26. The highest BCUT2D eigenvalue weighted by Gasteiger charge is 2.24. The first-order chi connectivity index (χ1) is 14.6. The number of nitrogens with one attached hydrogen (secondary N) is 1. The SMILES string of the molecule is O=C(NCCS(=O)(=O)N1CCOCC1)c1cccc2c(C3=CCOCC3)cccc12. The number of morpholine rings is 1. The van der Waals surface area contributed by atoms with Crippen LogP contribution in [0.2, 0.25) is 0 Å². The van der Waals surface area contributed by atoms with E-state index in [4.69, 9.17) is 9.47 Å². The van der Waals surface area contributed by atoms with Crippen molar-refractivity contribution in [3.63, 3.8) is 0 Å². The average Bonchev–Trinajstić information content (AvgIpc) is 2.79. The molecule has 2 aromatic rings. The van der Waals surface area contributed by atoms with Crippen molar-refractivity contribution < 1.29 is 22.7 Å². The molecule has 0 aliphatic carbocycles. The molecule has 1 amide bonds. The number of sulfonamides is 1. The Balaban J connectivity index is 1.49. The smallest absolute Gasteiger partial charge is 0.251 e. The van der Waals surface area contributed by atoms with Gasteiger partial charge < -0.3 is 14.8 Å². The van der Waals surface area contributed by atoms with Crippen molar-refractivity contribution in [2.45, 2.75) is 6.42 Å². The zero-order valence-electron chi connectivity index (χ0n) is 16.8. The maximum absolute atomic E-state index is 12.8. The van der Waals surface area contributed by atoms with Gasteiger partial charge in [0.1, 0.15) is 0 Å². The van der Waals surface area contributed by atoms with Crippen LogP contribution in [0.15, 0.2) is 42.5 Å². The predicted octanol–water partition coefficient (Wildman–Crippen LogP) is 2.04. The lowest BCUT2D eigenvalue weighted by molar-refractivity contribution is 0.0730. The van der Waals surface area contributed by atoms with E-state index in [9.17, 15) is 13.2 Å². The fraction of sp³-hybridized carbons (Fsp3) is 0.409. The van der Waals surface area contributed by atoms with Crippen LogP contribution in [0.25, 0.3) is 16.3 Å². The second-order valence-electron chi connectivity index (χ2n) is 7.34. The number of nitrogens with zero attached hydrogens (tertiary/aromatic N) is 1. The van der Waals surface area contributed by atoms with Gasteiger partial charge in [-0.15, -0.1) is 0 Å². The summed E-state index contributed by atoms with van der Waals surface area (Å²) in [6, 6.07) is 11.6. The molecule has 0 atom stereocenters. The number of amides is 1. The Morgan fingerprint density at radius 3 is 2.53 bits per heavy atom. The van der Waals surface area contributed by atoms with E-state index in [1.807, 2.05) is 24.3 Å². The van der Waals surface area contributed by atoms with Crippen LogP contribution in [0, 0.1) is 0 Å². The summed E-state index contributed by atoms with van der Waals surface area (Å²) in [5.41, 5.74) is 2.88. The third-order valence-electron chi connectivity index (χ3n) is 5.48. The summed E-state index contributed by atoms with van der Waals surface area (Å²) < 4.78 is 36.9. The van der Waals surface area contributed by atoms with E-state index in [-0.39, 0.29) is 18.2 Å². The molecule has 0 aromatic heterocycles. The standard InChI is InChI=1S/C22H26N2O5S/c25-22(23-9-16-30(26,27)24-10-14-29-15-11-24)21-6-2-4-19-18(3-1-5-20(19)21)17-7-12-28-13-8-17/h1-7H,8-16H2,(H,23,25). The van der Waals surface area contributed by atoms with E-state index < -0.39 is 10.0 Å². The molecule has 0 saturated carbocycles. The minimum atomic E-state index is -3.41. The van der Waals surface area contributed by atoms with Gasteiger partial charge in [-0.1, -0.05) is 36.4 Å². The summed E-state index contributed by atoms with van der Waals surface area (Å²) in [7, 11) is -3.41. The molecule has 2 aliphatic heterocycles. The van der Waals surface area contributed by atoms with E-state index >= 15 is 0 Å². The van der Waals surface area contributed by atoms with Crippen molar-refractivity contribution in [2.24, 2.45) is 0 Å². The number of rotatable bonds is 6. The van der Waals surface area contributed by atoms with Gasteiger partial charge in [0.2, 0.25) is 10.0 Å². The molecule has 4 rings (SSSR count). The number of hydrogen-bond acceptors (Lipinski definition) is 5. The van der Waals surface area contributed by atoms with E-state index in [0.717, 1.165) is 22.8 Å². The fourth-order valence-electron chi connectivity index (χ4n) is 3.90. The third kappa shape index (κ3) is 4.57. The van der Waals surface area contributed by atoms with E-state index in [1.165, 1.54) is 9.88 Å². The van der Waals surface area contributed by atoms with Gasteiger partial charge in [-0.25, -0.2) is 8.42 Å². The zero-order chi connectivity index (χ0) is 21.0. The normalized spacial score (nSPS) is 18.2. The first-order valence-electron chi connectivity index (χ1n) is 10.2. The van der Waals surface area contributed by atoms with E-state index in [1.54, 1.807) is 6.07 Å². The first kappa shape index (κ1) is 21.0. The van der Waals surface area contributed by atoms with Crippen LogP contribution < -0.4 is 5.32 Å². The number of carbonyl (C=O) groups is 1. The molecule has 0 bridgehead atoms. The van der Waals surface area contributed by atoms with Crippen molar-refractivity contribution in [2.75, 3.05) is 51.8 Å². The Morgan fingerprint density at radius 2 is 1.77 bits per heavy atom. The Labute approximate surface area is 176 Å². The number of fused-ring (bicyclic) bond motifs is 1.